The molecule has 2 atom stereocenters. The highest BCUT2D eigenvalue weighted by Crippen LogP contribution is 2.27. The van der Waals surface area contributed by atoms with E-state index in [2.05, 4.69) is 11.8 Å². The zero-order valence-electron chi connectivity index (χ0n) is 7.29. The zero-order valence-corrected chi connectivity index (χ0v) is 7.29. The van der Waals surface area contributed by atoms with Gasteiger partial charge in [0, 0.05) is 0 Å². The van der Waals surface area contributed by atoms with Gasteiger partial charge < -0.3 is 9.47 Å². The second-order valence-electron chi connectivity index (χ2n) is 3.32. The Labute approximate surface area is 80.6 Å². The quantitative estimate of drug-likeness (QED) is 0.492. The van der Waals surface area contributed by atoms with Gasteiger partial charge in [-0.1, -0.05) is 11.8 Å². The number of hydrogen-bond donors (Lipinski definition) is 0. The fourth-order valence-corrected chi connectivity index (χ4v) is 1.42. The van der Waals surface area contributed by atoms with Gasteiger partial charge in [-0.25, -0.2) is 4.39 Å². The van der Waals surface area contributed by atoms with E-state index in [1.807, 2.05) is 0 Å². The van der Waals surface area contributed by atoms with E-state index >= 15 is 0 Å². The summed E-state index contributed by atoms with van der Waals surface area (Å²) in [4.78, 5) is 0. The van der Waals surface area contributed by atoms with Crippen LogP contribution in [0.3, 0.4) is 0 Å². The molecule has 0 aliphatic carbocycles. The van der Waals surface area contributed by atoms with E-state index in [0.717, 1.165) is 0 Å². The number of fused-ring (bicyclic) bond motifs is 1. The number of ether oxygens (including phenoxy) is 2. The first-order valence-electron chi connectivity index (χ1n) is 4.42. The minimum absolute atomic E-state index is 0.0979. The molecule has 1 saturated heterocycles. The van der Waals surface area contributed by atoms with Crippen molar-refractivity contribution >= 4 is 0 Å². The van der Waals surface area contributed by atoms with Crippen LogP contribution in [0.5, 0.6) is 5.75 Å². The third-order valence-corrected chi connectivity index (χ3v) is 2.24. The summed E-state index contributed by atoms with van der Waals surface area (Å²) in [5.41, 5.74) is 0.613. The third-order valence-electron chi connectivity index (χ3n) is 2.24. The van der Waals surface area contributed by atoms with Crippen LogP contribution in [0.2, 0.25) is 0 Å². The standard InChI is InChI=1S/C11H7FO2/c12-8-2-4-9-7(5-8)1-3-10(14-9)11-6-13-11/h2,4-5,10-11H,6H2. The van der Waals surface area contributed by atoms with E-state index < -0.39 is 0 Å². The van der Waals surface area contributed by atoms with Crippen LogP contribution in [-0.2, 0) is 4.74 Å². The van der Waals surface area contributed by atoms with Crippen molar-refractivity contribution in [3.05, 3.63) is 29.6 Å². The van der Waals surface area contributed by atoms with Crippen molar-refractivity contribution < 1.29 is 13.9 Å². The predicted octanol–water partition coefficient (Wildman–Crippen LogP) is 1.34. The molecule has 1 aromatic carbocycles. The van der Waals surface area contributed by atoms with Crippen LogP contribution in [0, 0.1) is 17.7 Å². The topological polar surface area (TPSA) is 21.8 Å². The number of halogens is 1. The number of epoxide rings is 1. The summed E-state index contributed by atoms with van der Waals surface area (Å²) in [5, 5.41) is 0. The lowest BCUT2D eigenvalue weighted by Crippen LogP contribution is -2.23. The van der Waals surface area contributed by atoms with E-state index in [0.29, 0.717) is 17.9 Å². The maximum Gasteiger partial charge on any atom is 0.187 e. The largest absolute Gasteiger partial charge is 0.474 e. The van der Waals surface area contributed by atoms with Gasteiger partial charge in [0.2, 0.25) is 0 Å². The Balaban J connectivity index is 1.97. The van der Waals surface area contributed by atoms with E-state index in [-0.39, 0.29) is 18.0 Å². The lowest BCUT2D eigenvalue weighted by Gasteiger charge is -2.16. The molecule has 70 valence electrons. The molecule has 0 spiro atoms. The summed E-state index contributed by atoms with van der Waals surface area (Å²) in [5.74, 6) is 6.14. The Bertz CT molecular complexity index is 440. The molecule has 0 bridgehead atoms. The maximum atomic E-state index is 12.8. The van der Waals surface area contributed by atoms with Gasteiger partial charge in [-0.3, -0.25) is 0 Å². The van der Waals surface area contributed by atoms with Gasteiger partial charge in [0.25, 0.3) is 0 Å². The molecule has 2 heterocycles. The molecule has 0 N–H and O–H groups in total. The molecule has 2 nitrogen and oxygen atoms in total. The molecule has 2 aliphatic rings. The van der Waals surface area contributed by atoms with Crippen molar-refractivity contribution in [1.82, 2.24) is 0 Å². The predicted molar refractivity (Wildman–Crippen MR) is 47.4 cm³/mol. The molecule has 1 fully saturated rings. The first-order chi connectivity index (χ1) is 6.83. The lowest BCUT2D eigenvalue weighted by atomic mass is 10.1. The second kappa shape index (κ2) is 2.73. The molecule has 1 aromatic rings. The Kier molecular flexibility index (Phi) is 1.53. The Morgan fingerprint density at radius 3 is 3.07 bits per heavy atom. The third kappa shape index (κ3) is 1.24. The van der Waals surface area contributed by atoms with Crippen LogP contribution in [-0.4, -0.2) is 18.8 Å². The Morgan fingerprint density at radius 2 is 2.29 bits per heavy atom. The normalized spacial score (nSPS) is 26.9. The van der Waals surface area contributed by atoms with E-state index in [1.54, 1.807) is 6.07 Å². The Morgan fingerprint density at radius 1 is 1.43 bits per heavy atom. The van der Waals surface area contributed by atoms with Crippen molar-refractivity contribution in [1.29, 1.82) is 0 Å². The van der Waals surface area contributed by atoms with Gasteiger partial charge in [0.05, 0.1) is 12.2 Å². The highest BCUT2D eigenvalue weighted by Gasteiger charge is 2.34. The number of hydrogen-bond acceptors (Lipinski definition) is 2. The van der Waals surface area contributed by atoms with Crippen LogP contribution >= 0.6 is 0 Å². The molecule has 0 amide bonds. The smallest absolute Gasteiger partial charge is 0.187 e. The molecule has 0 radical (unpaired) electrons. The molecule has 0 aromatic heterocycles. The van der Waals surface area contributed by atoms with E-state index in [4.69, 9.17) is 9.47 Å². The molecule has 2 unspecified atom stereocenters. The van der Waals surface area contributed by atoms with Gasteiger partial charge in [0.1, 0.15) is 17.7 Å². The molecular weight excluding hydrogens is 183 g/mol. The van der Waals surface area contributed by atoms with Gasteiger partial charge in [0.15, 0.2) is 6.10 Å². The monoisotopic (exact) mass is 190 g/mol. The fraction of sp³-hybridized carbons (Fsp3) is 0.273. The van der Waals surface area contributed by atoms with E-state index in [9.17, 15) is 4.39 Å². The summed E-state index contributed by atoms with van der Waals surface area (Å²) in [7, 11) is 0. The van der Waals surface area contributed by atoms with Crippen LogP contribution in [0.15, 0.2) is 18.2 Å². The summed E-state index contributed by atoms with van der Waals surface area (Å²) in [6, 6.07) is 4.36. The van der Waals surface area contributed by atoms with E-state index in [1.165, 1.54) is 12.1 Å². The van der Waals surface area contributed by atoms with Gasteiger partial charge in [-0.05, 0) is 18.2 Å². The average Bonchev–Trinajstić information content (AvgIpc) is 3.00. The first-order valence-corrected chi connectivity index (χ1v) is 4.42. The zero-order chi connectivity index (χ0) is 9.54. The van der Waals surface area contributed by atoms with Crippen LogP contribution < -0.4 is 4.74 Å². The van der Waals surface area contributed by atoms with Crippen LogP contribution in [0.25, 0.3) is 0 Å². The minimum atomic E-state index is -0.289. The second-order valence-corrected chi connectivity index (χ2v) is 3.32. The van der Waals surface area contributed by atoms with Crippen molar-refractivity contribution in [2.75, 3.05) is 6.61 Å². The van der Waals surface area contributed by atoms with Gasteiger partial charge in [-0.2, -0.15) is 0 Å². The van der Waals surface area contributed by atoms with Crippen molar-refractivity contribution in [3.63, 3.8) is 0 Å². The fourth-order valence-electron chi connectivity index (χ4n) is 1.42. The maximum absolute atomic E-state index is 12.8. The molecule has 14 heavy (non-hydrogen) atoms. The molecular formula is C11H7FO2. The Hall–Kier alpha value is -1.53. The molecule has 3 rings (SSSR count). The number of rotatable bonds is 1. The summed E-state index contributed by atoms with van der Waals surface area (Å²) >= 11 is 0. The molecule has 0 saturated carbocycles. The summed E-state index contributed by atoms with van der Waals surface area (Å²) < 4.78 is 23.4. The highest BCUT2D eigenvalue weighted by molar-refractivity contribution is 5.49. The van der Waals surface area contributed by atoms with Crippen LogP contribution in [0.4, 0.5) is 4.39 Å². The lowest BCUT2D eigenvalue weighted by molar-refractivity contribution is 0.205. The van der Waals surface area contributed by atoms with Crippen molar-refractivity contribution in [2.45, 2.75) is 12.2 Å². The average molecular weight is 190 g/mol. The SMILES string of the molecule is Fc1ccc2c(c1)C#CC(C1CO1)O2. The number of benzene rings is 1. The van der Waals surface area contributed by atoms with Crippen molar-refractivity contribution in [2.24, 2.45) is 0 Å². The highest BCUT2D eigenvalue weighted by atomic mass is 19.1. The minimum Gasteiger partial charge on any atom is -0.474 e. The molecule has 2 aliphatic heterocycles. The first kappa shape index (κ1) is 7.84. The van der Waals surface area contributed by atoms with Crippen LogP contribution in [0.1, 0.15) is 5.56 Å². The summed E-state index contributed by atoms with van der Waals surface area (Å²) in [6.45, 7) is 0.704. The molecule has 3 heteroatoms. The van der Waals surface area contributed by atoms with Crippen molar-refractivity contribution in [3.8, 4) is 17.6 Å². The van der Waals surface area contributed by atoms with Gasteiger partial charge >= 0.3 is 0 Å². The van der Waals surface area contributed by atoms with Gasteiger partial charge in [-0.15, -0.1) is 0 Å². The summed E-state index contributed by atoms with van der Waals surface area (Å²) in [6.07, 6.45) is -0.0892.